The summed E-state index contributed by atoms with van der Waals surface area (Å²) in [6.07, 6.45) is 0. The minimum Gasteiger partial charge on any atom is -0.504 e. The highest BCUT2D eigenvalue weighted by Crippen LogP contribution is 2.29. The predicted molar refractivity (Wildman–Crippen MR) is 44.5 cm³/mol. The fourth-order valence-electron chi connectivity index (χ4n) is 0.768. The Morgan fingerprint density at radius 2 is 2.27 bits per heavy atom. The van der Waals surface area contributed by atoms with Gasteiger partial charge in [-0.05, 0) is 17.9 Å². The minimum atomic E-state index is -0.552. The van der Waals surface area contributed by atoms with Crippen LogP contribution >= 0.6 is 11.8 Å². The molecule has 0 bridgehead atoms. The second-order valence-corrected chi connectivity index (χ2v) is 3.33. The van der Waals surface area contributed by atoms with E-state index in [1.165, 1.54) is 17.8 Å². The molecule has 0 saturated heterocycles. The third-order valence-electron chi connectivity index (χ3n) is 1.25. The van der Waals surface area contributed by atoms with E-state index in [0.29, 0.717) is 4.90 Å². The number of thioether (sulfide) groups is 1. The molecule has 11 heavy (non-hydrogen) atoms. The van der Waals surface area contributed by atoms with Crippen molar-refractivity contribution >= 4 is 11.8 Å². The average Bonchev–Trinajstić information content (AvgIpc) is 1.99. The van der Waals surface area contributed by atoms with Crippen LogP contribution in [0.2, 0.25) is 0 Å². The summed E-state index contributed by atoms with van der Waals surface area (Å²) in [6, 6.07) is 4.54. The molecule has 1 aromatic carbocycles. The Labute approximate surface area is 69.2 Å². The van der Waals surface area contributed by atoms with Gasteiger partial charge >= 0.3 is 0 Å². The lowest BCUT2D eigenvalue weighted by atomic mass is 10.3. The summed E-state index contributed by atoms with van der Waals surface area (Å²) in [6.45, 7) is 1.95. The summed E-state index contributed by atoms with van der Waals surface area (Å²) in [5, 5.41) is 9.13. The van der Waals surface area contributed by atoms with Gasteiger partial charge in [0.15, 0.2) is 11.6 Å². The highest BCUT2D eigenvalue weighted by Gasteiger charge is 2.04. The smallest absolute Gasteiger partial charge is 0.165 e. The Hall–Kier alpha value is -0.700. The number of benzene rings is 1. The van der Waals surface area contributed by atoms with E-state index in [4.69, 9.17) is 5.11 Å². The molecule has 0 atom stereocenters. The van der Waals surface area contributed by atoms with Gasteiger partial charge in [0.25, 0.3) is 0 Å². The van der Waals surface area contributed by atoms with E-state index in [1.54, 1.807) is 12.1 Å². The zero-order chi connectivity index (χ0) is 8.27. The topological polar surface area (TPSA) is 20.2 Å². The Kier molecular flexibility index (Phi) is 2.76. The molecule has 1 aromatic rings. The van der Waals surface area contributed by atoms with Crippen molar-refractivity contribution in [3.8, 4) is 5.75 Å². The second-order valence-electron chi connectivity index (χ2n) is 2.02. The van der Waals surface area contributed by atoms with Crippen molar-refractivity contribution in [2.24, 2.45) is 0 Å². The largest absolute Gasteiger partial charge is 0.504 e. The van der Waals surface area contributed by atoms with Crippen molar-refractivity contribution in [2.75, 3.05) is 5.75 Å². The summed E-state index contributed by atoms with van der Waals surface area (Å²) in [5.41, 5.74) is 0. The average molecular weight is 172 g/mol. The van der Waals surface area contributed by atoms with Crippen molar-refractivity contribution in [1.29, 1.82) is 0 Å². The minimum absolute atomic E-state index is 0.237. The van der Waals surface area contributed by atoms with Crippen LogP contribution in [0.3, 0.4) is 0 Å². The van der Waals surface area contributed by atoms with Crippen molar-refractivity contribution in [3.63, 3.8) is 0 Å². The van der Waals surface area contributed by atoms with Gasteiger partial charge in [-0.15, -0.1) is 11.8 Å². The first-order chi connectivity index (χ1) is 5.25. The van der Waals surface area contributed by atoms with Crippen LogP contribution in [0, 0.1) is 5.82 Å². The van der Waals surface area contributed by atoms with Crippen molar-refractivity contribution < 1.29 is 9.50 Å². The molecule has 0 saturated carbocycles. The van der Waals surface area contributed by atoms with Gasteiger partial charge in [0.1, 0.15) is 0 Å². The summed E-state index contributed by atoms with van der Waals surface area (Å²) in [7, 11) is 0. The molecule has 0 radical (unpaired) electrons. The molecular weight excluding hydrogens is 163 g/mol. The number of hydrogen-bond donors (Lipinski definition) is 1. The van der Waals surface area contributed by atoms with E-state index >= 15 is 0 Å². The van der Waals surface area contributed by atoms with Crippen LogP contribution in [0.5, 0.6) is 5.75 Å². The number of halogens is 1. The zero-order valence-electron chi connectivity index (χ0n) is 6.17. The summed E-state index contributed by atoms with van der Waals surface area (Å²) < 4.78 is 12.6. The summed E-state index contributed by atoms with van der Waals surface area (Å²) in [4.78, 5) is 0.604. The van der Waals surface area contributed by atoms with E-state index < -0.39 is 5.82 Å². The zero-order valence-corrected chi connectivity index (χ0v) is 6.99. The van der Waals surface area contributed by atoms with Crippen molar-refractivity contribution in [1.82, 2.24) is 0 Å². The molecule has 0 spiro atoms. The quantitative estimate of drug-likeness (QED) is 0.692. The van der Waals surface area contributed by atoms with Crippen molar-refractivity contribution in [2.45, 2.75) is 11.8 Å². The summed E-state index contributed by atoms with van der Waals surface area (Å²) in [5.74, 6) is 0.0413. The molecule has 0 aliphatic heterocycles. The molecule has 0 heterocycles. The van der Waals surface area contributed by atoms with E-state index in [9.17, 15) is 4.39 Å². The maximum atomic E-state index is 12.6. The third-order valence-corrected chi connectivity index (χ3v) is 2.18. The van der Waals surface area contributed by atoms with Gasteiger partial charge in [0.05, 0.1) is 4.90 Å². The molecule has 1 N–H and O–H groups in total. The predicted octanol–water partition coefficient (Wildman–Crippen LogP) is 2.64. The lowest BCUT2D eigenvalue weighted by Gasteiger charge is -2.01. The number of aromatic hydroxyl groups is 1. The lowest BCUT2D eigenvalue weighted by Crippen LogP contribution is -1.79. The van der Waals surface area contributed by atoms with E-state index in [0.717, 1.165) is 5.75 Å². The van der Waals surface area contributed by atoms with Gasteiger partial charge in [0.2, 0.25) is 0 Å². The first-order valence-corrected chi connectivity index (χ1v) is 4.34. The van der Waals surface area contributed by atoms with Gasteiger partial charge in [-0.3, -0.25) is 0 Å². The monoisotopic (exact) mass is 172 g/mol. The molecule has 0 amide bonds. The Morgan fingerprint density at radius 1 is 1.55 bits per heavy atom. The number of para-hydroxylation sites is 1. The van der Waals surface area contributed by atoms with Crippen molar-refractivity contribution in [3.05, 3.63) is 24.0 Å². The lowest BCUT2D eigenvalue weighted by molar-refractivity contribution is 0.420. The number of phenolic OH excluding ortho intramolecular Hbond substituents is 1. The van der Waals surface area contributed by atoms with Crippen LogP contribution in [0.25, 0.3) is 0 Å². The standard InChI is InChI=1S/C8H9FOS/c1-2-11-7-5-3-4-6(9)8(7)10/h3-5,10H,2H2,1H3. The van der Waals surface area contributed by atoms with Crippen LogP contribution in [0.1, 0.15) is 6.92 Å². The molecule has 0 aliphatic rings. The molecule has 60 valence electrons. The van der Waals surface area contributed by atoms with Crippen LogP contribution in [0.4, 0.5) is 4.39 Å². The molecule has 3 heteroatoms. The molecule has 0 unspecified atom stereocenters. The molecule has 1 nitrogen and oxygen atoms in total. The van der Waals surface area contributed by atoms with Crippen LogP contribution in [0.15, 0.2) is 23.1 Å². The molecular formula is C8H9FOS. The fourth-order valence-corrected chi connectivity index (χ4v) is 1.49. The second kappa shape index (κ2) is 3.62. The maximum absolute atomic E-state index is 12.6. The number of phenols is 1. The molecule has 1 rings (SSSR count). The Morgan fingerprint density at radius 3 is 2.91 bits per heavy atom. The van der Waals surface area contributed by atoms with Gasteiger partial charge in [-0.2, -0.15) is 0 Å². The van der Waals surface area contributed by atoms with Crippen LogP contribution in [-0.4, -0.2) is 10.9 Å². The highest BCUT2D eigenvalue weighted by atomic mass is 32.2. The summed E-state index contributed by atoms with van der Waals surface area (Å²) >= 11 is 1.43. The highest BCUT2D eigenvalue weighted by molar-refractivity contribution is 7.99. The van der Waals surface area contributed by atoms with Gasteiger partial charge in [0, 0.05) is 0 Å². The third kappa shape index (κ3) is 1.87. The molecule has 0 aromatic heterocycles. The first-order valence-electron chi connectivity index (χ1n) is 3.36. The number of rotatable bonds is 2. The Bertz CT molecular complexity index is 250. The van der Waals surface area contributed by atoms with Gasteiger partial charge in [-0.1, -0.05) is 13.0 Å². The van der Waals surface area contributed by atoms with E-state index in [1.807, 2.05) is 6.92 Å². The van der Waals surface area contributed by atoms with Crippen LogP contribution < -0.4 is 0 Å². The Balaban J connectivity index is 2.96. The van der Waals surface area contributed by atoms with Gasteiger partial charge in [-0.25, -0.2) is 4.39 Å². The fraction of sp³-hybridized carbons (Fsp3) is 0.250. The van der Waals surface area contributed by atoms with E-state index in [2.05, 4.69) is 0 Å². The van der Waals surface area contributed by atoms with E-state index in [-0.39, 0.29) is 5.75 Å². The molecule has 0 fully saturated rings. The number of hydrogen-bond acceptors (Lipinski definition) is 2. The maximum Gasteiger partial charge on any atom is 0.165 e. The first kappa shape index (κ1) is 8.40. The van der Waals surface area contributed by atoms with Gasteiger partial charge < -0.3 is 5.11 Å². The SMILES string of the molecule is CCSc1cccc(F)c1O. The normalized spacial score (nSPS) is 10.0. The molecule has 0 aliphatic carbocycles. The van der Waals surface area contributed by atoms with Crippen LogP contribution in [-0.2, 0) is 0 Å².